The Morgan fingerprint density at radius 3 is 2.13 bits per heavy atom. The van der Waals surface area contributed by atoms with E-state index in [0.29, 0.717) is 43.1 Å². The first-order chi connectivity index (χ1) is 14.5. The summed E-state index contributed by atoms with van der Waals surface area (Å²) in [5, 5.41) is 8.04. The fraction of sp³-hybridized carbons (Fsp3) is 0.318. The number of para-hydroxylation sites is 1. The third kappa shape index (κ3) is 5.97. The highest BCUT2D eigenvalue weighted by molar-refractivity contribution is 5.93. The van der Waals surface area contributed by atoms with Crippen molar-refractivity contribution in [2.24, 2.45) is 5.92 Å². The van der Waals surface area contributed by atoms with E-state index in [-0.39, 0.29) is 30.4 Å². The quantitative estimate of drug-likeness (QED) is 0.682. The number of piperidine rings is 1. The molecule has 1 heterocycles. The van der Waals surface area contributed by atoms with Gasteiger partial charge in [-0.05, 0) is 49.2 Å². The molecule has 8 nitrogen and oxygen atoms in total. The number of carbonyl (C=O) groups excluding carboxylic acids is 3. The summed E-state index contributed by atoms with van der Waals surface area (Å²) in [5.74, 6) is 0.385. The minimum absolute atomic E-state index is 0.00266. The van der Waals surface area contributed by atoms with E-state index in [9.17, 15) is 14.4 Å². The maximum Gasteiger partial charge on any atom is 0.318 e. The molecule has 3 N–H and O–H groups in total. The molecule has 1 aliphatic rings. The van der Waals surface area contributed by atoms with Crippen LogP contribution in [-0.2, 0) is 9.59 Å². The number of carbonyl (C=O) groups is 3. The summed E-state index contributed by atoms with van der Waals surface area (Å²) in [6.07, 6.45) is 1.22. The van der Waals surface area contributed by atoms with Gasteiger partial charge < -0.3 is 25.6 Å². The first kappa shape index (κ1) is 21.2. The zero-order valence-corrected chi connectivity index (χ0v) is 16.9. The molecule has 158 valence electrons. The van der Waals surface area contributed by atoms with Gasteiger partial charge in [-0.25, -0.2) is 4.79 Å². The van der Waals surface area contributed by atoms with E-state index in [1.54, 1.807) is 36.2 Å². The molecule has 2 aromatic rings. The van der Waals surface area contributed by atoms with E-state index in [2.05, 4.69) is 16.0 Å². The summed E-state index contributed by atoms with van der Waals surface area (Å²) in [7, 11) is 1.54. The minimum Gasteiger partial charge on any atom is -0.484 e. The van der Waals surface area contributed by atoms with Crippen LogP contribution in [0, 0.1) is 5.92 Å². The average molecular weight is 410 g/mol. The topological polar surface area (TPSA) is 99.8 Å². The molecule has 30 heavy (non-hydrogen) atoms. The van der Waals surface area contributed by atoms with Crippen molar-refractivity contribution in [2.75, 3.05) is 37.4 Å². The molecule has 1 fully saturated rings. The maximum atomic E-state index is 12.5. The largest absolute Gasteiger partial charge is 0.484 e. The predicted octanol–water partition coefficient (Wildman–Crippen LogP) is 2.69. The second-order valence-corrected chi connectivity index (χ2v) is 7.03. The number of benzene rings is 2. The summed E-state index contributed by atoms with van der Waals surface area (Å²) >= 11 is 0. The Kier molecular flexibility index (Phi) is 7.26. The van der Waals surface area contributed by atoms with Gasteiger partial charge in [0.2, 0.25) is 5.91 Å². The molecule has 0 bridgehead atoms. The smallest absolute Gasteiger partial charge is 0.318 e. The van der Waals surface area contributed by atoms with Gasteiger partial charge in [0.05, 0.1) is 0 Å². The van der Waals surface area contributed by atoms with Crippen molar-refractivity contribution in [1.29, 1.82) is 0 Å². The third-order valence-electron chi connectivity index (χ3n) is 4.96. The van der Waals surface area contributed by atoms with Crippen LogP contribution >= 0.6 is 0 Å². The molecule has 2 aromatic carbocycles. The summed E-state index contributed by atoms with van der Waals surface area (Å²) in [6, 6.07) is 15.8. The van der Waals surface area contributed by atoms with Gasteiger partial charge in [-0.3, -0.25) is 9.59 Å². The SMILES string of the molecule is CNC(=O)Nc1ccc(NC(=O)C2CCN(C(=O)COc3ccccc3)CC2)cc1. The molecule has 0 aromatic heterocycles. The van der Waals surface area contributed by atoms with Crippen molar-refractivity contribution < 1.29 is 19.1 Å². The summed E-state index contributed by atoms with van der Waals surface area (Å²) in [4.78, 5) is 37.9. The molecular formula is C22H26N4O4. The number of rotatable bonds is 6. The first-order valence-electron chi connectivity index (χ1n) is 9.90. The van der Waals surface area contributed by atoms with Crippen LogP contribution in [0.25, 0.3) is 0 Å². The number of hydrogen-bond donors (Lipinski definition) is 3. The summed E-state index contributed by atoms with van der Waals surface area (Å²) in [6.45, 7) is 1.06. The van der Waals surface area contributed by atoms with Gasteiger partial charge in [0, 0.05) is 37.4 Å². The van der Waals surface area contributed by atoms with Gasteiger partial charge >= 0.3 is 6.03 Å². The van der Waals surface area contributed by atoms with Gasteiger partial charge in [0.1, 0.15) is 5.75 Å². The Morgan fingerprint density at radius 2 is 1.53 bits per heavy atom. The van der Waals surface area contributed by atoms with E-state index in [1.807, 2.05) is 30.3 Å². The van der Waals surface area contributed by atoms with Crippen LogP contribution in [0.2, 0.25) is 0 Å². The molecule has 1 saturated heterocycles. The fourth-order valence-electron chi connectivity index (χ4n) is 3.22. The number of hydrogen-bond acceptors (Lipinski definition) is 4. The Labute approximate surface area is 175 Å². The summed E-state index contributed by atoms with van der Waals surface area (Å²) in [5.41, 5.74) is 1.30. The number of amides is 4. The normalized spacial score (nSPS) is 14.0. The molecule has 1 aliphatic heterocycles. The highest BCUT2D eigenvalue weighted by Crippen LogP contribution is 2.21. The number of likely N-dealkylation sites (tertiary alicyclic amines) is 1. The monoisotopic (exact) mass is 410 g/mol. The van der Waals surface area contributed by atoms with Crippen molar-refractivity contribution >= 4 is 29.2 Å². The maximum absolute atomic E-state index is 12.5. The van der Waals surface area contributed by atoms with Crippen LogP contribution < -0.4 is 20.7 Å². The average Bonchev–Trinajstić information content (AvgIpc) is 2.79. The van der Waals surface area contributed by atoms with Gasteiger partial charge in [-0.1, -0.05) is 18.2 Å². The highest BCUT2D eigenvalue weighted by atomic mass is 16.5. The van der Waals surface area contributed by atoms with Crippen molar-refractivity contribution in [3.05, 3.63) is 54.6 Å². The van der Waals surface area contributed by atoms with E-state index < -0.39 is 0 Å². The van der Waals surface area contributed by atoms with Crippen molar-refractivity contribution in [3.8, 4) is 5.75 Å². The zero-order chi connectivity index (χ0) is 21.3. The number of nitrogens with zero attached hydrogens (tertiary/aromatic N) is 1. The Hall–Kier alpha value is -3.55. The van der Waals surface area contributed by atoms with Crippen molar-refractivity contribution in [1.82, 2.24) is 10.2 Å². The second-order valence-electron chi connectivity index (χ2n) is 7.03. The van der Waals surface area contributed by atoms with Crippen LogP contribution in [-0.4, -0.2) is 49.5 Å². The molecule has 0 radical (unpaired) electrons. The molecule has 0 spiro atoms. The first-order valence-corrected chi connectivity index (χ1v) is 9.90. The zero-order valence-electron chi connectivity index (χ0n) is 16.9. The standard InChI is InChI=1S/C22H26N4O4/c1-23-22(29)25-18-9-7-17(8-10-18)24-21(28)16-11-13-26(14-12-16)20(27)15-30-19-5-3-2-4-6-19/h2-10,16H,11-15H2,1H3,(H,24,28)(H2,23,25,29). The van der Waals surface area contributed by atoms with Crippen LogP contribution in [0.3, 0.4) is 0 Å². The Bertz CT molecular complexity index is 862. The third-order valence-corrected chi connectivity index (χ3v) is 4.96. The summed E-state index contributed by atoms with van der Waals surface area (Å²) < 4.78 is 5.51. The van der Waals surface area contributed by atoms with Gasteiger partial charge in [0.15, 0.2) is 6.61 Å². The van der Waals surface area contributed by atoms with Crippen molar-refractivity contribution in [2.45, 2.75) is 12.8 Å². The highest BCUT2D eigenvalue weighted by Gasteiger charge is 2.27. The lowest BCUT2D eigenvalue weighted by Gasteiger charge is -2.31. The minimum atomic E-state index is -0.303. The predicted molar refractivity (Wildman–Crippen MR) is 114 cm³/mol. The molecule has 0 atom stereocenters. The van der Waals surface area contributed by atoms with Crippen LogP contribution in [0.4, 0.5) is 16.2 Å². The molecular weight excluding hydrogens is 384 g/mol. The number of anilines is 2. The lowest BCUT2D eigenvalue weighted by molar-refractivity contribution is -0.136. The number of ether oxygens (including phenoxy) is 1. The van der Waals surface area contributed by atoms with E-state index in [0.717, 1.165) is 0 Å². The molecule has 3 rings (SSSR count). The lowest BCUT2D eigenvalue weighted by Crippen LogP contribution is -2.43. The van der Waals surface area contributed by atoms with Gasteiger partial charge in [-0.15, -0.1) is 0 Å². The van der Waals surface area contributed by atoms with E-state index in [4.69, 9.17) is 4.74 Å². The van der Waals surface area contributed by atoms with Gasteiger partial charge in [0.25, 0.3) is 5.91 Å². The van der Waals surface area contributed by atoms with Crippen LogP contribution in [0.1, 0.15) is 12.8 Å². The number of nitrogens with one attached hydrogen (secondary N) is 3. The Morgan fingerprint density at radius 1 is 0.933 bits per heavy atom. The number of urea groups is 1. The van der Waals surface area contributed by atoms with E-state index in [1.165, 1.54) is 0 Å². The van der Waals surface area contributed by atoms with Crippen molar-refractivity contribution in [3.63, 3.8) is 0 Å². The molecule has 8 heteroatoms. The van der Waals surface area contributed by atoms with E-state index >= 15 is 0 Å². The Balaban J connectivity index is 1.42. The molecule has 0 saturated carbocycles. The molecule has 4 amide bonds. The second kappa shape index (κ2) is 10.3. The molecule has 0 unspecified atom stereocenters. The van der Waals surface area contributed by atoms with Crippen LogP contribution in [0.5, 0.6) is 5.75 Å². The lowest BCUT2D eigenvalue weighted by atomic mass is 9.95. The van der Waals surface area contributed by atoms with Gasteiger partial charge in [-0.2, -0.15) is 0 Å². The van der Waals surface area contributed by atoms with Crippen LogP contribution in [0.15, 0.2) is 54.6 Å². The molecule has 0 aliphatic carbocycles. The fourth-order valence-corrected chi connectivity index (χ4v) is 3.22.